The molecule has 1 aromatic heterocycles. The van der Waals surface area contributed by atoms with E-state index in [1.54, 1.807) is 0 Å². The summed E-state index contributed by atoms with van der Waals surface area (Å²) in [5, 5.41) is 10.8. The van der Waals surface area contributed by atoms with Crippen LogP contribution in [0.2, 0.25) is 10.2 Å². The maximum Gasteiger partial charge on any atom is 0.151 e. The number of nitrogens with zero attached hydrogens (tertiary/aromatic N) is 2. The third kappa shape index (κ3) is 1.92. The van der Waals surface area contributed by atoms with E-state index in [-0.39, 0.29) is 6.10 Å². The monoisotopic (exact) mass is 282 g/mol. The highest BCUT2D eigenvalue weighted by molar-refractivity contribution is 6.33. The van der Waals surface area contributed by atoms with Gasteiger partial charge in [-0.05, 0) is 18.6 Å². The van der Waals surface area contributed by atoms with Crippen LogP contribution >= 0.6 is 23.2 Å². The predicted octanol–water partition coefficient (Wildman–Crippen LogP) is 3.16. The fourth-order valence-electron chi connectivity index (χ4n) is 2.34. The highest BCUT2D eigenvalue weighted by atomic mass is 35.5. The van der Waals surface area contributed by atoms with Crippen molar-refractivity contribution in [2.45, 2.75) is 25.5 Å². The summed E-state index contributed by atoms with van der Waals surface area (Å²) in [6.07, 6.45) is 0.943. The summed E-state index contributed by atoms with van der Waals surface area (Å²) in [5.74, 6) is 0.785. The van der Waals surface area contributed by atoms with Gasteiger partial charge in [0.1, 0.15) is 5.82 Å². The summed E-state index contributed by atoms with van der Waals surface area (Å²) in [5.41, 5.74) is 1.77. The van der Waals surface area contributed by atoms with Crippen molar-refractivity contribution < 1.29 is 5.11 Å². The van der Waals surface area contributed by atoms with E-state index >= 15 is 0 Å². The molecule has 0 aliphatic carbocycles. The highest BCUT2D eigenvalue weighted by Crippen LogP contribution is 2.33. The van der Waals surface area contributed by atoms with Gasteiger partial charge in [-0.2, -0.15) is 0 Å². The maximum absolute atomic E-state index is 9.69. The number of benzene rings is 1. The number of halogens is 2. The van der Waals surface area contributed by atoms with Gasteiger partial charge in [0.15, 0.2) is 5.15 Å². The van der Waals surface area contributed by atoms with Crippen molar-refractivity contribution in [2.24, 2.45) is 0 Å². The molecule has 0 amide bonds. The van der Waals surface area contributed by atoms with Crippen molar-refractivity contribution in [3.8, 4) is 11.4 Å². The van der Waals surface area contributed by atoms with Crippen LogP contribution in [0.25, 0.3) is 11.4 Å². The van der Waals surface area contributed by atoms with Crippen molar-refractivity contribution in [3.05, 3.63) is 40.1 Å². The molecule has 18 heavy (non-hydrogen) atoms. The molecule has 0 spiro atoms. The van der Waals surface area contributed by atoms with Gasteiger partial charge in [-0.1, -0.05) is 35.3 Å². The standard InChI is InChI=1S/C13H12Cl2N2O/c14-10-4-2-1-3-9(10)13-16-12(15)11-7-8(18)5-6-17(11)13/h1-4,8,18H,5-7H2. The first-order valence-electron chi connectivity index (χ1n) is 5.84. The Morgan fingerprint density at radius 3 is 2.83 bits per heavy atom. The topological polar surface area (TPSA) is 38.0 Å². The molecule has 3 nitrogen and oxygen atoms in total. The van der Waals surface area contributed by atoms with Gasteiger partial charge in [0.05, 0.1) is 16.8 Å². The molecule has 1 N–H and O–H groups in total. The van der Waals surface area contributed by atoms with E-state index in [0.717, 1.165) is 30.0 Å². The van der Waals surface area contributed by atoms with Gasteiger partial charge in [-0.25, -0.2) is 4.98 Å². The summed E-state index contributed by atoms with van der Waals surface area (Å²) >= 11 is 12.3. The molecule has 0 fully saturated rings. The van der Waals surface area contributed by atoms with Crippen molar-refractivity contribution >= 4 is 23.2 Å². The Bertz CT molecular complexity index is 595. The van der Waals surface area contributed by atoms with E-state index < -0.39 is 0 Å². The number of aromatic nitrogens is 2. The summed E-state index contributed by atoms with van der Waals surface area (Å²) < 4.78 is 2.05. The fraction of sp³-hybridized carbons (Fsp3) is 0.308. The van der Waals surface area contributed by atoms with Crippen molar-refractivity contribution in [1.82, 2.24) is 9.55 Å². The zero-order chi connectivity index (χ0) is 12.7. The third-order valence-electron chi connectivity index (χ3n) is 3.25. The van der Waals surface area contributed by atoms with Gasteiger partial charge in [0, 0.05) is 18.5 Å². The number of imidazole rings is 1. The van der Waals surface area contributed by atoms with Crippen LogP contribution in [0, 0.1) is 0 Å². The van der Waals surface area contributed by atoms with Crippen molar-refractivity contribution in [2.75, 3.05) is 0 Å². The maximum atomic E-state index is 9.69. The molecule has 0 bridgehead atoms. The Balaban J connectivity index is 2.15. The van der Waals surface area contributed by atoms with E-state index in [0.29, 0.717) is 16.6 Å². The molecule has 1 aliphatic heterocycles. The largest absolute Gasteiger partial charge is 0.393 e. The van der Waals surface area contributed by atoms with Crippen LogP contribution in [0.1, 0.15) is 12.1 Å². The summed E-state index contributed by atoms with van der Waals surface area (Å²) in [6.45, 7) is 0.719. The lowest BCUT2D eigenvalue weighted by Gasteiger charge is -2.21. The first kappa shape index (κ1) is 12.0. The predicted molar refractivity (Wildman–Crippen MR) is 72.0 cm³/mol. The van der Waals surface area contributed by atoms with E-state index in [2.05, 4.69) is 9.55 Å². The molecule has 1 aromatic carbocycles. The van der Waals surface area contributed by atoms with Gasteiger partial charge in [0.25, 0.3) is 0 Å². The van der Waals surface area contributed by atoms with Crippen molar-refractivity contribution in [3.63, 3.8) is 0 Å². The molecule has 2 aromatic rings. The molecule has 0 radical (unpaired) electrons. The third-order valence-corrected chi connectivity index (χ3v) is 3.89. The molecule has 0 saturated heterocycles. The Morgan fingerprint density at radius 2 is 2.06 bits per heavy atom. The minimum absolute atomic E-state index is 0.328. The Morgan fingerprint density at radius 1 is 1.28 bits per heavy atom. The molecule has 3 rings (SSSR count). The van der Waals surface area contributed by atoms with Gasteiger partial charge in [-0.3, -0.25) is 0 Å². The smallest absolute Gasteiger partial charge is 0.151 e. The number of hydrogen-bond donors (Lipinski definition) is 1. The average molecular weight is 283 g/mol. The first-order chi connectivity index (χ1) is 8.66. The van der Waals surface area contributed by atoms with E-state index in [1.165, 1.54) is 0 Å². The minimum Gasteiger partial charge on any atom is -0.393 e. The number of aliphatic hydroxyl groups is 1. The van der Waals surface area contributed by atoms with Crippen LogP contribution in [-0.2, 0) is 13.0 Å². The van der Waals surface area contributed by atoms with Crippen LogP contribution in [0.4, 0.5) is 0 Å². The Kier molecular flexibility index (Phi) is 3.06. The molecule has 1 unspecified atom stereocenters. The van der Waals surface area contributed by atoms with E-state index in [9.17, 15) is 5.11 Å². The Hall–Kier alpha value is -1.03. The van der Waals surface area contributed by atoms with Crippen LogP contribution in [-0.4, -0.2) is 20.8 Å². The minimum atomic E-state index is -0.328. The summed E-state index contributed by atoms with van der Waals surface area (Å²) in [7, 11) is 0. The van der Waals surface area contributed by atoms with Crippen LogP contribution in [0.3, 0.4) is 0 Å². The molecule has 1 atom stereocenters. The van der Waals surface area contributed by atoms with Gasteiger partial charge < -0.3 is 9.67 Å². The van der Waals surface area contributed by atoms with Gasteiger partial charge in [0.2, 0.25) is 0 Å². The van der Waals surface area contributed by atoms with E-state index in [1.807, 2.05) is 24.3 Å². The van der Waals surface area contributed by atoms with E-state index in [4.69, 9.17) is 23.2 Å². The molecule has 5 heteroatoms. The Labute approximate surface area is 115 Å². The molecule has 2 heterocycles. The van der Waals surface area contributed by atoms with Gasteiger partial charge in [-0.15, -0.1) is 0 Å². The summed E-state index contributed by atoms with van der Waals surface area (Å²) in [6, 6.07) is 7.58. The normalized spacial score (nSPS) is 18.7. The number of aliphatic hydroxyl groups excluding tert-OH is 1. The molecule has 1 aliphatic rings. The molecule has 94 valence electrons. The van der Waals surface area contributed by atoms with Crippen LogP contribution in [0.15, 0.2) is 24.3 Å². The second kappa shape index (κ2) is 4.57. The molecular formula is C13H12Cl2N2O. The second-order valence-corrected chi connectivity index (χ2v) is 5.22. The fourth-order valence-corrected chi connectivity index (χ4v) is 2.82. The number of hydrogen-bond acceptors (Lipinski definition) is 2. The second-order valence-electron chi connectivity index (χ2n) is 4.45. The quantitative estimate of drug-likeness (QED) is 0.873. The number of rotatable bonds is 1. The zero-order valence-corrected chi connectivity index (χ0v) is 11.1. The lowest BCUT2D eigenvalue weighted by atomic mass is 10.1. The SMILES string of the molecule is OC1CCn2c(-c3ccccc3Cl)nc(Cl)c2C1. The van der Waals surface area contributed by atoms with Crippen LogP contribution in [0.5, 0.6) is 0 Å². The summed E-state index contributed by atoms with van der Waals surface area (Å²) in [4.78, 5) is 4.39. The van der Waals surface area contributed by atoms with Crippen LogP contribution < -0.4 is 0 Å². The molecular weight excluding hydrogens is 271 g/mol. The lowest BCUT2D eigenvalue weighted by Crippen LogP contribution is -2.23. The highest BCUT2D eigenvalue weighted by Gasteiger charge is 2.24. The van der Waals surface area contributed by atoms with Gasteiger partial charge >= 0.3 is 0 Å². The number of fused-ring (bicyclic) bond motifs is 1. The van der Waals surface area contributed by atoms with Crippen molar-refractivity contribution in [1.29, 1.82) is 0 Å². The zero-order valence-electron chi connectivity index (χ0n) is 9.61. The molecule has 0 saturated carbocycles. The average Bonchev–Trinajstić information content (AvgIpc) is 2.67. The first-order valence-corrected chi connectivity index (χ1v) is 6.60. The lowest BCUT2D eigenvalue weighted by molar-refractivity contribution is 0.144.